The van der Waals surface area contributed by atoms with Gasteiger partial charge in [0.25, 0.3) is 0 Å². The SMILES string of the molecule is CC(CS(C)(=O)=O)Nc1ccncc1Cl. The van der Waals surface area contributed by atoms with E-state index in [0.29, 0.717) is 10.7 Å². The highest BCUT2D eigenvalue weighted by Crippen LogP contribution is 2.19. The molecule has 1 aromatic rings. The number of hydrogen-bond donors (Lipinski definition) is 1. The Hall–Kier alpha value is -0.810. The van der Waals surface area contributed by atoms with Gasteiger partial charge < -0.3 is 5.32 Å². The Morgan fingerprint density at radius 1 is 1.60 bits per heavy atom. The second kappa shape index (κ2) is 4.81. The Labute approximate surface area is 94.6 Å². The van der Waals surface area contributed by atoms with Crippen molar-refractivity contribution in [3.63, 3.8) is 0 Å². The predicted octanol–water partition coefficient (Wildman–Crippen LogP) is 1.58. The maximum atomic E-state index is 11.0. The van der Waals surface area contributed by atoms with Crippen LogP contribution >= 0.6 is 11.6 Å². The smallest absolute Gasteiger partial charge is 0.149 e. The zero-order chi connectivity index (χ0) is 11.5. The second-order valence-corrected chi connectivity index (χ2v) is 6.09. The van der Waals surface area contributed by atoms with Crippen LogP contribution in [0.3, 0.4) is 0 Å². The first-order valence-corrected chi connectivity index (χ1v) is 6.86. The summed E-state index contributed by atoms with van der Waals surface area (Å²) in [6, 6.07) is 1.53. The van der Waals surface area contributed by atoms with Gasteiger partial charge in [-0.3, -0.25) is 4.98 Å². The number of aromatic nitrogens is 1. The average molecular weight is 249 g/mol. The first kappa shape index (κ1) is 12.3. The molecule has 0 saturated heterocycles. The lowest BCUT2D eigenvalue weighted by molar-refractivity contribution is 0.598. The number of pyridine rings is 1. The first-order chi connectivity index (χ1) is 6.88. The average Bonchev–Trinajstić information content (AvgIpc) is 2.05. The fourth-order valence-electron chi connectivity index (χ4n) is 1.25. The van der Waals surface area contributed by atoms with Gasteiger partial charge in [0.2, 0.25) is 0 Å². The summed E-state index contributed by atoms with van der Waals surface area (Å²) in [4.78, 5) is 3.84. The van der Waals surface area contributed by atoms with Crippen LogP contribution in [0.15, 0.2) is 18.5 Å². The normalized spacial score (nSPS) is 13.5. The largest absolute Gasteiger partial charge is 0.380 e. The van der Waals surface area contributed by atoms with Gasteiger partial charge >= 0.3 is 0 Å². The molecule has 0 bridgehead atoms. The van der Waals surface area contributed by atoms with Crippen molar-refractivity contribution in [1.82, 2.24) is 4.98 Å². The lowest BCUT2D eigenvalue weighted by Gasteiger charge is -2.14. The second-order valence-electron chi connectivity index (χ2n) is 3.49. The van der Waals surface area contributed by atoms with Gasteiger partial charge in [-0.1, -0.05) is 11.6 Å². The molecule has 1 unspecified atom stereocenters. The number of hydrogen-bond acceptors (Lipinski definition) is 4. The number of halogens is 1. The van der Waals surface area contributed by atoms with Crippen molar-refractivity contribution in [1.29, 1.82) is 0 Å². The summed E-state index contributed by atoms with van der Waals surface area (Å²) in [5.74, 6) is 0.0751. The van der Waals surface area contributed by atoms with E-state index >= 15 is 0 Å². The van der Waals surface area contributed by atoms with Crippen LogP contribution in [0.4, 0.5) is 5.69 Å². The van der Waals surface area contributed by atoms with Crippen LogP contribution in [-0.4, -0.2) is 31.5 Å². The highest BCUT2D eigenvalue weighted by atomic mass is 35.5. The fraction of sp³-hybridized carbons (Fsp3) is 0.444. The van der Waals surface area contributed by atoms with Crippen LogP contribution in [0.25, 0.3) is 0 Å². The molecule has 1 rings (SSSR count). The van der Waals surface area contributed by atoms with Gasteiger partial charge in [-0.05, 0) is 13.0 Å². The minimum absolute atomic E-state index is 0.0751. The lowest BCUT2D eigenvalue weighted by Crippen LogP contribution is -2.25. The molecule has 1 aromatic heterocycles. The van der Waals surface area contributed by atoms with Crippen LogP contribution in [0.1, 0.15) is 6.92 Å². The Morgan fingerprint density at radius 3 is 2.80 bits per heavy atom. The minimum Gasteiger partial charge on any atom is -0.380 e. The van der Waals surface area contributed by atoms with Gasteiger partial charge in [0.05, 0.1) is 16.5 Å². The van der Waals surface area contributed by atoms with Gasteiger partial charge in [0, 0.05) is 24.7 Å². The van der Waals surface area contributed by atoms with E-state index in [1.165, 1.54) is 12.5 Å². The molecule has 0 saturated carbocycles. The van der Waals surface area contributed by atoms with Gasteiger partial charge in [-0.2, -0.15) is 0 Å². The van der Waals surface area contributed by atoms with E-state index in [1.807, 2.05) is 0 Å². The van der Waals surface area contributed by atoms with Crippen molar-refractivity contribution in [2.75, 3.05) is 17.3 Å². The monoisotopic (exact) mass is 248 g/mol. The Balaban J connectivity index is 2.67. The molecule has 0 radical (unpaired) electrons. The molecule has 0 spiro atoms. The predicted molar refractivity (Wildman–Crippen MR) is 62.0 cm³/mol. The molecule has 15 heavy (non-hydrogen) atoms. The molecule has 0 aliphatic rings. The molecular weight excluding hydrogens is 236 g/mol. The molecule has 0 fully saturated rings. The molecular formula is C9H13ClN2O2S. The molecule has 0 amide bonds. The summed E-state index contributed by atoms with van der Waals surface area (Å²) in [5.41, 5.74) is 0.697. The van der Waals surface area contributed by atoms with E-state index < -0.39 is 9.84 Å². The number of anilines is 1. The van der Waals surface area contributed by atoms with E-state index in [1.54, 1.807) is 19.2 Å². The van der Waals surface area contributed by atoms with Crippen molar-refractivity contribution in [3.05, 3.63) is 23.5 Å². The summed E-state index contributed by atoms with van der Waals surface area (Å²) in [7, 11) is -2.98. The van der Waals surface area contributed by atoms with E-state index in [0.717, 1.165) is 0 Å². The van der Waals surface area contributed by atoms with E-state index in [9.17, 15) is 8.42 Å². The Kier molecular flexibility index (Phi) is 3.93. The van der Waals surface area contributed by atoms with Crippen molar-refractivity contribution in [2.24, 2.45) is 0 Å². The van der Waals surface area contributed by atoms with Gasteiger partial charge in [0.15, 0.2) is 0 Å². The molecule has 6 heteroatoms. The number of rotatable bonds is 4. The minimum atomic E-state index is -2.98. The molecule has 1 N–H and O–H groups in total. The maximum absolute atomic E-state index is 11.0. The van der Waals surface area contributed by atoms with E-state index in [2.05, 4.69) is 10.3 Å². The van der Waals surface area contributed by atoms with Crippen LogP contribution in [0.5, 0.6) is 0 Å². The third-order valence-corrected chi connectivity index (χ3v) is 3.13. The summed E-state index contributed by atoms with van der Waals surface area (Å²) < 4.78 is 22.1. The number of sulfone groups is 1. The standard InChI is InChI=1S/C9H13ClN2O2S/c1-7(6-15(2,13)14)12-9-3-4-11-5-8(9)10/h3-5,7H,6H2,1-2H3,(H,11,12). The quantitative estimate of drug-likeness (QED) is 0.879. The Morgan fingerprint density at radius 2 is 2.27 bits per heavy atom. The molecule has 0 aliphatic carbocycles. The number of nitrogens with zero attached hydrogens (tertiary/aromatic N) is 1. The molecule has 0 aliphatic heterocycles. The Bertz CT molecular complexity index is 433. The van der Waals surface area contributed by atoms with Crippen LogP contribution in [0.2, 0.25) is 5.02 Å². The molecule has 4 nitrogen and oxygen atoms in total. The van der Waals surface area contributed by atoms with Crippen LogP contribution in [-0.2, 0) is 9.84 Å². The van der Waals surface area contributed by atoms with E-state index in [-0.39, 0.29) is 11.8 Å². The molecule has 0 aromatic carbocycles. The summed E-state index contributed by atoms with van der Waals surface area (Å²) in [6.07, 6.45) is 4.32. The van der Waals surface area contributed by atoms with Crippen molar-refractivity contribution >= 4 is 27.1 Å². The van der Waals surface area contributed by atoms with Gasteiger partial charge in [0.1, 0.15) is 9.84 Å². The van der Waals surface area contributed by atoms with Crippen molar-refractivity contribution in [2.45, 2.75) is 13.0 Å². The van der Waals surface area contributed by atoms with Crippen LogP contribution in [0, 0.1) is 0 Å². The maximum Gasteiger partial charge on any atom is 0.149 e. The molecule has 1 atom stereocenters. The highest BCUT2D eigenvalue weighted by molar-refractivity contribution is 7.90. The summed E-state index contributed by atoms with van der Waals surface area (Å²) in [5, 5.41) is 3.50. The van der Waals surface area contributed by atoms with Crippen molar-refractivity contribution in [3.8, 4) is 0 Å². The van der Waals surface area contributed by atoms with Gasteiger partial charge in [-0.15, -0.1) is 0 Å². The fourth-order valence-corrected chi connectivity index (χ4v) is 2.42. The highest BCUT2D eigenvalue weighted by Gasteiger charge is 2.11. The third-order valence-electron chi connectivity index (χ3n) is 1.73. The topological polar surface area (TPSA) is 59.1 Å². The van der Waals surface area contributed by atoms with Crippen LogP contribution < -0.4 is 5.32 Å². The number of nitrogens with one attached hydrogen (secondary N) is 1. The third kappa shape index (κ3) is 4.48. The zero-order valence-electron chi connectivity index (χ0n) is 8.57. The lowest BCUT2D eigenvalue weighted by atomic mass is 10.3. The first-order valence-electron chi connectivity index (χ1n) is 4.42. The summed E-state index contributed by atoms with van der Waals surface area (Å²) in [6.45, 7) is 1.79. The van der Waals surface area contributed by atoms with Crippen molar-refractivity contribution < 1.29 is 8.42 Å². The zero-order valence-corrected chi connectivity index (χ0v) is 10.1. The van der Waals surface area contributed by atoms with E-state index in [4.69, 9.17) is 11.6 Å². The molecule has 84 valence electrons. The molecule has 1 heterocycles. The van der Waals surface area contributed by atoms with Gasteiger partial charge in [-0.25, -0.2) is 8.42 Å². The summed E-state index contributed by atoms with van der Waals surface area (Å²) >= 11 is 5.87.